The van der Waals surface area contributed by atoms with E-state index < -0.39 is 0 Å². The van der Waals surface area contributed by atoms with Gasteiger partial charge in [0, 0.05) is 12.7 Å². The van der Waals surface area contributed by atoms with Crippen molar-refractivity contribution in [3.63, 3.8) is 0 Å². The lowest BCUT2D eigenvalue weighted by atomic mass is 10.1. The second-order valence-corrected chi connectivity index (χ2v) is 4.55. The number of nitrogens with zero attached hydrogens (tertiary/aromatic N) is 1. The average Bonchev–Trinajstić information content (AvgIpc) is 2.94. The number of rotatable bonds is 4. The molecular weight excluding hydrogens is 202 g/mol. The fourth-order valence-corrected chi connectivity index (χ4v) is 1.94. The third-order valence-corrected chi connectivity index (χ3v) is 3.40. The van der Waals surface area contributed by atoms with Crippen LogP contribution in [0.4, 0.5) is 5.82 Å². The zero-order chi connectivity index (χ0) is 11.0. The number of aromatic nitrogens is 1. The molecule has 2 heterocycles. The molecule has 0 aliphatic heterocycles. The van der Waals surface area contributed by atoms with E-state index in [9.17, 15) is 0 Å². The Labute approximate surface area is 93.8 Å². The van der Waals surface area contributed by atoms with Crippen molar-refractivity contribution in [1.82, 2.24) is 4.98 Å². The molecule has 4 nitrogen and oxygen atoms in total. The third-order valence-electron chi connectivity index (χ3n) is 3.40. The molecule has 0 spiro atoms. The molecule has 3 rings (SSSR count). The summed E-state index contributed by atoms with van der Waals surface area (Å²) in [6.07, 6.45) is 5.89. The molecule has 1 aliphatic carbocycles. The Morgan fingerprint density at radius 1 is 1.44 bits per heavy atom. The molecule has 0 amide bonds. The first-order chi connectivity index (χ1) is 7.83. The first kappa shape index (κ1) is 9.66. The predicted octanol–water partition coefficient (Wildman–Crippen LogP) is 1.98. The van der Waals surface area contributed by atoms with Gasteiger partial charge in [0.25, 0.3) is 0 Å². The van der Waals surface area contributed by atoms with Crippen molar-refractivity contribution in [1.29, 1.82) is 0 Å². The quantitative estimate of drug-likeness (QED) is 0.822. The van der Waals surface area contributed by atoms with Crippen LogP contribution in [0.15, 0.2) is 29.0 Å². The number of hydrogen-bond donors (Lipinski definition) is 2. The maximum absolute atomic E-state index is 5.75. The molecule has 2 aromatic heterocycles. The van der Waals surface area contributed by atoms with Crippen molar-refractivity contribution in [2.75, 3.05) is 18.4 Å². The number of nitrogens with one attached hydrogen (secondary N) is 1. The van der Waals surface area contributed by atoms with Crippen molar-refractivity contribution in [2.45, 2.75) is 12.8 Å². The third kappa shape index (κ3) is 1.55. The Kier molecular flexibility index (Phi) is 2.11. The Hall–Kier alpha value is -1.55. The molecule has 2 aromatic rings. The van der Waals surface area contributed by atoms with E-state index in [0.717, 1.165) is 29.9 Å². The second-order valence-electron chi connectivity index (χ2n) is 4.55. The highest BCUT2D eigenvalue weighted by Crippen LogP contribution is 2.44. The fourth-order valence-electron chi connectivity index (χ4n) is 1.94. The van der Waals surface area contributed by atoms with E-state index in [1.807, 2.05) is 12.1 Å². The Balaban J connectivity index is 1.81. The number of nitrogens with two attached hydrogens (primary N) is 1. The van der Waals surface area contributed by atoms with E-state index in [1.165, 1.54) is 12.8 Å². The van der Waals surface area contributed by atoms with Crippen LogP contribution in [0.25, 0.3) is 11.0 Å². The molecule has 16 heavy (non-hydrogen) atoms. The molecule has 84 valence electrons. The van der Waals surface area contributed by atoms with Crippen LogP contribution >= 0.6 is 0 Å². The van der Waals surface area contributed by atoms with Gasteiger partial charge < -0.3 is 15.5 Å². The van der Waals surface area contributed by atoms with Gasteiger partial charge in [-0.05, 0) is 36.9 Å². The maximum Gasteiger partial charge on any atom is 0.139 e. The summed E-state index contributed by atoms with van der Waals surface area (Å²) in [5, 5.41) is 4.41. The van der Waals surface area contributed by atoms with E-state index in [-0.39, 0.29) is 0 Å². The van der Waals surface area contributed by atoms with Crippen molar-refractivity contribution < 1.29 is 4.42 Å². The van der Waals surface area contributed by atoms with Crippen LogP contribution in [0.5, 0.6) is 0 Å². The van der Waals surface area contributed by atoms with E-state index in [4.69, 9.17) is 10.2 Å². The maximum atomic E-state index is 5.75. The summed E-state index contributed by atoms with van der Waals surface area (Å²) in [4.78, 5) is 4.33. The molecule has 0 aromatic carbocycles. The van der Waals surface area contributed by atoms with E-state index in [0.29, 0.717) is 5.41 Å². The zero-order valence-electron chi connectivity index (χ0n) is 9.07. The molecule has 3 N–H and O–H groups in total. The van der Waals surface area contributed by atoms with E-state index in [2.05, 4.69) is 10.3 Å². The van der Waals surface area contributed by atoms with Crippen LogP contribution in [0.1, 0.15) is 12.8 Å². The van der Waals surface area contributed by atoms with E-state index in [1.54, 1.807) is 12.5 Å². The smallest absolute Gasteiger partial charge is 0.139 e. The summed E-state index contributed by atoms with van der Waals surface area (Å²) >= 11 is 0. The molecule has 1 saturated carbocycles. The molecule has 0 atom stereocenters. The molecule has 1 aliphatic rings. The molecule has 0 unspecified atom stereocenters. The van der Waals surface area contributed by atoms with Gasteiger partial charge in [0.15, 0.2) is 0 Å². The number of hydrogen-bond acceptors (Lipinski definition) is 4. The van der Waals surface area contributed by atoms with Crippen molar-refractivity contribution in [3.8, 4) is 0 Å². The Morgan fingerprint density at radius 3 is 3.06 bits per heavy atom. The molecule has 0 saturated heterocycles. The molecule has 1 fully saturated rings. The summed E-state index contributed by atoms with van der Waals surface area (Å²) in [7, 11) is 0. The summed E-state index contributed by atoms with van der Waals surface area (Å²) in [5.41, 5.74) is 6.93. The normalized spacial score (nSPS) is 17.6. The van der Waals surface area contributed by atoms with Crippen LogP contribution in [0.3, 0.4) is 0 Å². The van der Waals surface area contributed by atoms with Crippen LogP contribution < -0.4 is 11.1 Å². The van der Waals surface area contributed by atoms with Crippen LogP contribution in [-0.4, -0.2) is 18.1 Å². The fraction of sp³-hybridized carbons (Fsp3) is 0.417. The minimum atomic E-state index is 0.313. The first-order valence-corrected chi connectivity index (χ1v) is 5.59. The minimum absolute atomic E-state index is 0.313. The standard InChI is InChI=1S/C12H15N3O/c13-7-12(3-4-12)8-15-11-9-2-6-16-10(9)1-5-14-11/h1-2,5-6H,3-4,7-8,13H2,(H,14,15). The number of pyridine rings is 1. The van der Waals surface area contributed by atoms with Crippen LogP contribution in [-0.2, 0) is 0 Å². The van der Waals surface area contributed by atoms with Gasteiger partial charge in [-0.25, -0.2) is 4.98 Å². The minimum Gasteiger partial charge on any atom is -0.464 e. The van der Waals surface area contributed by atoms with Gasteiger partial charge in [-0.2, -0.15) is 0 Å². The van der Waals surface area contributed by atoms with Gasteiger partial charge in [0.1, 0.15) is 11.4 Å². The lowest BCUT2D eigenvalue weighted by Gasteiger charge is -2.13. The largest absolute Gasteiger partial charge is 0.464 e. The van der Waals surface area contributed by atoms with Crippen molar-refractivity contribution in [2.24, 2.45) is 11.1 Å². The average molecular weight is 217 g/mol. The Bertz CT molecular complexity index is 502. The number of furan rings is 1. The van der Waals surface area contributed by atoms with Crippen LogP contribution in [0.2, 0.25) is 0 Å². The van der Waals surface area contributed by atoms with Crippen molar-refractivity contribution in [3.05, 3.63) is 24.6 Å². The van der Waals surface area contributed by atoms with Gasteiger partial charge in [0.05, 0.1) is 11.6 Å². The second kappa shape index (κ2) is 3.49. The summed E-state index contributed by atoms with van der Waals surface area (Å²) in [5.74, 6) is 0.894. The van der Waals surface area contributed by atoms with Crippen molar-refractivity contribution >= 4 is 16.8 Å². The summed E-state index contributed by atoms with van der Waals surface area (Å²) < 4.78 is 5.33. The van der Waals surface area contributed by atoms with Gasteiger partial charge in [-0.1, -0.05) is 0 Å². The monoisotopic (exact) mass is 217 g/mol. The lowest BCUT2D eigenvalue weighted by molar-refractivity contribution is 0.555. The first-order valence-electron chi connectivity index (χ1n) is 5.59. The van der Waals surface area contributed by atoms with Gasteiger partial charge in [0.2, 0.25) is 0 Å². The van der Waals surface area contributed by atoms with Crippen LogP contribution in [0, 0.1) is 5.41 Å². The topological polar surface area (TPSA) is 64.1 Å². The summed E-state index contributed by atoms with van der Waals surface area (Å²) in [6.45, 7) is 1.65. The van der Waals surface area contributed by atoms with E-state index >= 15 is 0 Å². The predicted molar refractivity (Wildman–Crippen MR) is 63.2 cm³/mol. The highest BCUT2D eigenvalue weighted by Gasteiger charge is 2.40. The highest BCUT2D eigenvalue weighted by atomic mass is 16.3. The SMILES string of the molecule is NCC1(CNc2nccc3occc23)CC1. The molecular formula is C12H15N3O. The molecule has 0 radical (unpaired) electrons. The molecule has 4 heteroatoms. The summed E-state index contributed by atoms with van der Waals surface area (Å²) in [6, 6.07) is 3.81. The Morgan fingerprint density at radius 2 is 2.31 bits per heavy atom. The number of anilines is 1. The highest BCUT2D eigenvalue weighted by molar-refractivity contribution is 5.87. The van der Waals surface area contributed by atoms with Gasteiger partial charge in [-0.15, -0.1) is 0 Å². The zero-order valence-corrected chi connectivity index (χ0v) is 9.07. The number of fused-ring (bicyclic) bond motifs is 1. The lowest BCUT2D eigenvalue weighted by Crippen LogP contribution is -2.24. The molecule has 0 bridgehead atoms. The van der Waals surface area contributed by atoms with Gasteiger partial charge >= 0.3 is 0 Å². The van der Waals surface area contributed by atoms with Gasteiger partial charge in [-0.3, -0.25) is 0 Å².